The number of nitrogens with zero attached hydrogens (tertiary/aromatic N) is 2. The molecule has 0 radical (unpaired) electrons. The lowest BCUT2D eigenvalue weighted by Gasteiger charge is -2.20. The summed E-state index contributed by atoms with van der Waals surface area (Å²) in [7, 11) is 0. The Kier molecular flexibility index (Phi) is 6.10. The SMILES string of the molecule is CC(=O)Cc1csc(=NC(=O)OC(C)(C)C)n1C(=O)OC(C)(C)C. The summed E-state index contributed by atoms with van der Waals surface area (Å²) in [6.45, 7) is 11.8. The molecule has 0 spiro atoms. The minimum Gasteiger partial charge on any atom is -0.443 e. The molecule has 0 atom stereocenters. The molecule has 7 nitrogen and oxygen atoms in total. The van der Waals surface area contributed by atoms with E-state index in [1.165, 1.54) is 6.92 Å². The van der Waals surface area contributed by atoms with Crippen molar-refractivity contribution in [1.82, 2.24) is 4.57 Å². The van der Waals surface area contributed by atoms with E-state index < -0.39 is 23.4 Å². The van der Waals surface area contributed by atoms with Crippen LogP contribution in [0.25, 0.3) is 0 Å². The topological polar surface area (TPSA) is 87.0 Å². The number of hydrogen-bond acceptors (Lipinski definition) is 6. The Morgan fingerprint density at radius 3 is 2.08 bits per heavy atom. The lowest BCUT2D eigenvalue weighted by Crippen LogP contribution is -2.34. The van der Waals surface area contributed by atoms with Crippen LogP contribution < -0.4 is 4.80 Å². The molecule has 24 heavy (non-hydrogen) atoms. The second-order valence-electron chi connectivity index (χ2n) is 7.30. The fourth-order valence-corrected chi connectivity index (χ4v) is 2.52. The van der Waals surface area contributed by atoms with Crippen LogP contribution in [-0.4, -0.2) is 33.7 Å². The summed E-state index contributed by atoms with van der Waals surface area (Å²) in [6, 6.07) is 0. The Labute approximate surface area is 145 Å². The van der Waals surface area contributed by atoms with Crippen LogP contribution in [-0.2, 0) is 20.7 Å². The zero-order valence-corrected chi connectivity index (χ0v) is 15.9. The summed E-state index contributed by atoms with van der Waals surface area (Å²) in [6.07, 6.45) is -1.46. The van der Waals surface area contributed by atoms with Crippen molar-refractivity contribution in [3.05, 3.63) is 15.9 Å². The molecule has 1 rings (SSSR count). The molecule has 1 aromatic heterocycles. The van der Waals surface area contributed by atoms with Crippen LogP contribution in [0.3, 0.4) is 0 Å². The smallest absolute Gasteiger partial charge is 0.436 e. The number of carbonyl (C=O) groups is 3. The fourth-order valence-electron chi connectivity index (χ4n) is 1.67. The van der Waals surface area contributed by atoms with Crippen LogP contribution in [0.1, 0.15) is 54.2 Å². The molecule has 0 bridgehead atoms. The number of aromatic nitrogens is 1. The van der Waals surface area contributed by atoms with Crippen molar-refractivity contribution in [2.75, 3.05) is 0 Å². The Morgan fingerprint density at radius 2 is 1.62 bits per heavy atom. The summed E-state index contributed by atoms with van der Waals surface area (Å²) in [5, 5.41) is 1.61. The maximum atomic E-state index is 12.4. The molecule has 134 valence electrons. The van der Waals surface area contributed by atoms with Gasteiger partial charge in [0.05, 0.1) is 0 Å². The minimum atomic E-state index is -0.809. The largest absolute Gasteiger partial charge is 0.443 e. The molecule has 8 heteroatoms. The van der Waals surface area contributed by atoms with Gasteiger partial charge in [-0.3, -0.25) is 4.79 Å². The number of carbonyl (C=O) groups excluding carboxylic acids is 3. The van der Waals surface area contributed by atoms with E-state index in [0.29, 0.717) is 5.69 Å². The van der Waals surface area contributed by atoms with Gasteiger partial charge in [-0.05, 0) is 48.5 Å². The molecule has 0 N–H and O–H groups in total. The highest BCUT2D eigenvalue weighted by atomic mass is 32.1. The summed E-state index contributed by atoms with van der Waals surface area (Å²) >= 11 is 1.07. The van der Waals surface area contributed by atoms with E-state index in [2.05, 4.69) is 4.99 Å². The zero-order valence-electron chi connectivity index (χ0n) is 15.1. The Morgan fingerprint density at radius 1 is 1.08 bits per heavy atom. The van der Waals surface area contributed by atoms with E-state index in [1.54, 1.807) is 46.9 Å². The van der Waals surface area contributed by atoms with Gasteiger partial charge < -0.3 is 9.47 Å². The van der Waals surface area contributed by atoms with Gasteiger partial charge >= 0.3 is 12.2 Å². The quantitative estimate of drug-likeness (QED) is 0.811. The number of ether oxygens (including phenoxy) is 2. The van der Waals surface area contributed by atoms with E-state index in [0.717, 1.165) is 15.9 Å². The first-order chi connectivity index (χ1) is 10.8. The van der Waals surface area contributed by atoms with Gasteiger partial charge in [0.25, 0.3) is 0 Å². The van der Waals surface area contributed by atoms with Crippen molar-refractivity contribution in [2.24, 2.45) is 4.99 Å². The van der Waals surface area contributed by atoms with E-state index >= 15 is 0 Å². The second kappa shape index (κ2) is 7.29. The van der Waals surface area contributed by atoms with Crippen molar-refractivity contribution < 1.29 is 23.9 Å². The Balaban J connectivity index is 3.30. The van der Waals surface area contributed by atoms with Crippen LogP contribution in [0.15, 0.2) is 10.4 Å². The number of rotatable bonds is 2. The highest BCUT2D eigenvalue weighted by Crippen LogP contribution is 2.12. The average molecular weight is 356 g/mol. The molecular weight excluding hydrogens is 332 g/mol. The van der Waals surface area contributed by atoms with Crippen molar-refractivity contribution in [3.8, 4) is 0 Å². The first-order valence-corrected chi connectivity index (χ1v) is 8.36. The number of amides is 1. The number of hydrogen-bond donors (Lipinski definition) is 0. The predicted octanol–water partition coefficient (Wildman–Crippen LogP) is 3.30. The monoisotopic (exact) mass is 356 g/mol. The van der Waals surface area contributed by atoms with E-state index in [9.17, 15) is 14.4 Å². The molecule has 0 aliphatic heterocycles. The number of thiazole rings is 1. The second-order valence-corrected chi connectivity index (χ2v) is 8.13. The van der Waals surface area contributed by atoms with Crippen LogP contribution in [0.4, 0.5) is 9.59 Å². The van der Waals surface area contributed by atoms with Gasteiger partial charge in [-0.25, -0.2) is 14.2 Å². The van der Waals surface area contributed by atoms with Gasteiger partial charge in [-0.1, -0.05) is 0 Å². The first kappa shape index (κ1) is 20.1. The zero-order chi connectivity index (χ0) is 18.7. The average Bonchev–Trinajstić information content (AvgIpc) is 2.65. The third kappa shape index (κ3) is 6.66. The van der Waals surface area contributed by atoms with Crippen LogP contribution in [0.2, 0.25) is 0 Å². The molecule has 0 aliphatic carbocycles. The molecular formula is C16H24N2O5S. The van der Waals surface area contributed by atoms with Crippen molar-refractivity contribution in [3.63, 3.8) is 0 Å². The first-order valence-electron chi connectivity index (χ1n) is 7.48. The number of ketones is 1. The third-order valence-corrected chi connectivity index (χ3v) is 3.24. The van der Waals surface area contributed by atoms with Gasteiger partial charge in [-0.2, -0.15) is 0 Å². The van der Waals surface area contributed by atoms with Crippen molar-refractivity contribution in [1.29, 1.82) is 0 Å². The summed E-state index contributed by atoms with van der Waals surface area (Å²) < 4.78 is 11.6. The molecule has 1 aromatic rings. The third-order valence-electron chi connectivity index (χ3n) is 2.37. The highest BCUT2D eigenvalue weighted by Gasteiger charge is 2.23. The van der Waals surface area contributed by atoms with E-state index in [1.807, 2.05) is 0 Å². The molecule has 0 saturated heterocycles. The molecule has 0 fully saturated rings. The van der Waals surface area contributed by atoms with Crippen LogP contribution in [0, 0.1) is 0 Å². The van der Waals surface area contributed by atoms with Gasteiger partial charge in [0.15, 0.2) is 0 Å². The van der Waals surface area contributed by atoms with Crippen LogP contribution >= 0.6 is 11.3 Å². The molecule has 1 amide bonds. The minimum absolute atomic E-state index is 0.0413. The van der Waals surface area contributed by atoms with E-state index in [-0.39, 0.29) is 17.0 Å². The standard InChI is InChI=1S/C16H24N2O5S/c1-10(19)8-11-9-24-12(17-13(20)22-15(2,3)4)18(11)14(21)23-16(5,6)7/h9H,8H2,1-7H3. The Hall–Kier alpha value is -1.96. The van der Waals surface area contributed by atoms with Gasteiger partial charge in [0.1, 0.15) is 17.0 Å². The maximum absolute atomic E-state index is 12.4. The number of Topliss-reactive ketones (excluding diaryl/α,β-unsaturated/α-hetero) is 1. The lowest BCUT2D eigenvalue weighted by molar-refractivity contribution is -0.116. The predicted molar refractivity (Wildman–Crippen MR) is 90.1 cm³/mol. The molecule has 0 unspecified atom stereocenters. The summed E-state index contributed by atoms with van der Waals surface area (Å²) in [5.41, 5.74) is -0.997. The fraction of sp³-hybridized carbons (Fsp3) is 0.625. The Bertz CT molecular complexity index is 701. The van der Waals surface area contributed by atoms with E-state index in [4.69, 9.17) is 9.47 Å². The normalized spacial score (nSPS) is 12.9. The van der Waals surface area contributed by atoms with Crippen molar-refractivity contribution >= 4 is 29.3 Å². The van der Waals surface area contributed by atoms with Crippen LogP contribution in [0.5, 0.6) is 0 Å². The molecule has 0 aliphatic rings. The molecule has 1 heterocycles. The highest BCUT2D eigenvalue weighted by molar-refractivity contribution is 7.07. The molecule has 0 saturated carbocycles. The van der Waals surface area contributed by atoms with Gasteiger partial charge in [-0.15, -0.1) is 16.3 Å². The summed E-state index contributed by atoms with van der Waals surface area (Å²) in [5.74, 6) is -0.117. The lowest BCUT2D eigenvalue weighted by atomic mass is 10.2. The molecule has 0 aromatic carbocycles. The van der Waals surface area contributed by atoms with Gasteiger partial charge in [0.2, 0.25) is 4.80 Å². The van der Waals surface area contributed by atoms with Crippen molar-refractivity contribution in [2.45, 2.75) is 66.1 Å². The summed E-state index contributed by atoms with van der Waals surface area (Å²) in [4.78, 5) is 39.7. The van der Waals surface area contributed by atoms with Gasteiger partial charge in [0, 0.05) is 17.5 Å². The maximum Gasteiger partial charge on any atom is 0.436 e.